The summed E-state index contributed by atoms with van der Waals surface area (Å²) >= 11 is 0. The van der Waals surface area contributed by atoms with Crippen molar-refractivity contribution < 1.29 is 9.59 Å². The minimum absolute atomic E-state index is 0.363. The molecule has 0 unspecified atom stereocenters. The lowest BCUT2D eigenvalue weighted by Gasteiger charge is -1.93. The summed E-state index contributed by atoms with van der Waals surface area (Å²) in [4.78, 5) is 19.6. The van der Waals surface area contributed by atoms with Crippen molar-refractivity contribution in [3.8, 4) is 0 Å². The first kappa shape index (κ1) is 6.68. The summed E-state index contributed by atoms with van der Waals surface area (Å²) in [6.45, 7) is 3.15. The van der Waals surface area contributed by atoms with E-state index in [4.69, 9.17) is 0 Å². The molecular weight excluding hydrogens is 108 g/mol. The third-order valence-corrected chi connectivity index (χ3v) is 0.440. The predicted molar refractivity (Wildman–Crippen MR) is 27.5 cm³/mol. The van der Waals surface area contributed by atoms with Crippen LogP contribution in [0.15, 0.2) is 12.7 Å². The Morgan fingerprint density at radius 2 is 2.25 bits per heavy atom. The van der Waals surface area contributed by atoms with E-state index in [1.807, 2.05) is 10.9 Å². The zero-order valence-corrected chi connectivity index (χ0v) is 4.18. The zero-order chi connectivity index (χ0) is 6.41. The number of nitrogens with one attached hydrogen (secondary N) is 2. The normalized spacial score (nSPS) is 7.00. The number of carbonyl (C=O) groups is 2. The number of hydrogen-bond acceptors (Lipinski definition) is 2. The second-order valence-electron chi connectivity index (χ2n) is 0.956. The monoisotopic (exact) mass is 114 g/mol. The fourth-order valence-corrected chi connectivity index (χ4v) is 0.152. The number of hydrazine groups is 1. The van der Waals surface area contributed by atoms with Gasteiger partial charge in [0.05, 0.1) is 0 Å². The van der Waals surface area contributed by atoms with Crippen molar-refractivity contribution in [3.05, 3.63) is 12.7 Å². The molecule has 0 aromatic carbocycles. The van der Waals surface area contributed by atoms with Gasteiger partial charge in [0, 0.05) is 0 Å². The molecule has 2 amide bonds. The third kappa shape index (κ3) is 2.89. The topological polar surface area (TPSA) is 58.2 Å². The van der Waals surface area contributed by atoms with Gasteiger partial charge >= 0.3 is 0 Å². The Kier molecular flexibility index (Phi) is 3.22. The molecule has 44 valence electrons. The largest absolute Gasteiger partial charge is 0.277 e. The zero-order valence-electron chi connectivity index (χ0n) is 4.18. The van der Waals surface area contributed by atoms with E-state index in [0.29, 0.717) is 6.41 Å². The van der Waals surface area contributed by atoms with Crippen LogP contribution in [0.1, 0.15) is 0 Å². The molecule has 0 aromatic heterocycles. The summed E-state index contributed by atoms with van der Waals surface area (Å²) in [5.74, 6) is -0.433. The van der Waals surface area contributed by atoms with Crippen molar-refractivity contribution in [3.63, 3.8) is 0 Å². The summed E-state index contributed by atoms with van der Waals surface area (Å²) < 4.78 is 0. The van der Waals surface area contributed by atoms with Gasteiger partial charge in [-0.2, -0.15) is 0 Å². The molecule has 0 aliphatic rings. The molecular formula is C4H6N2O2. The number of rotatable bonds is 3. The SMILES string of the molecule is C=CC(=O)NNC=O. The molecule has 0 spiro atoms. The van der Waals surface area contributed by atoms with Crippen molar-refractivity contribution in [1.82, 2.24) is 10.9 Å². The van der Waals surface area contributed by atoms with Crippen LogP contribution in [-0.2, 0) is 9.59 Å². The molecule has 0 aromatic rings. The number of amides is 2. The molecule has 0 atom stereocenters. The average molecular weight is 114 g/mol. The first-order valence-corrected chi connectivity index (χ1v) is 1.93. The van der Waals surface area contributed by atoms with Crippen molar-refractivity contribution in [2.24, 2.45) is 0 Å². The Morgan fingerprint density at radius 1 is 1.62 bits per heavy atom. The minimum Gasteiger partial charge on any atom is -0.277 e. The highest BCUT2D eigenvalue weighted by molar-refractivity contribution is 5.87. The second kappa shape index (κ2) is 3.86. The van der Waals surface area contributed by atoms with Crippen LogP contribution in [0.4, 0.5) is 0 Å². The first-order valence-electron chi connectivity index (χ1n) is 1.93. The van der Waals surface area contributed by atoms with E-state index in [0.717, 1.165) is 6.08 Å². The molecule has 0 radical (unpaired) electrons. The number of hydrogen-bond donors (Lipinski definition) is 2. The van der Waals surface area contributed by atoms with E-state index < -0.39 is 5.91 Å². The molecule has 0 heterocycles. The Bertz CT molecular complexity index is 111. The predicted octanol–water partition coefficient (Wildman–Crippen LogP) is -1.05. The van der Waals surface area contributed by atoms with Gasteiger partial charge in [-0.1, -0.05) is 6.58 Å². The molecule has 4 heteroatoms. The lowest BCUT2D eigenvalue weighted by Crippen LogP contribution is -2.34. The highest BCUT2D eigenvalue weighted by Crippen LogP contribution is 1.57. The van der Waals surface area contributed by atoms with E-state index in [9.17, 15) is 9.59 Å². The maximum atomic E-state index is 10.1. The Hall–Kier alpha value is -1.32. The number of carbonyl (C=O) groups excluding carboxylic acids is 2. The molecule has 0 saturated heterocycles. The smallest absolute Gasteiger partial charge is 0.261 e. The third-order valence-electron chi connectivity index (χ3n) is 0.440. The van der Waals surface area contributed by atoms with Gasteiger partial charge in [0.15, 0.2) is 0 Å². The molecule has 2 N–H and O–H groups in total. The molecule has 0 aliphatic heterocycles. The van der Waals surface area contributed by atoms with E-state index in [1.54, 1.807) is 0 Å². The van der Waals surface area contributed by atoms with Gasteiger partial charge < -0.3 is 0 Å². The van der Waals surface area contributed by atoms with Crippen LogP contribution >= 0.6 is 0 Å². The van der Waals surface area contributed by atoms with E-state index >= 15 is 0 Å². The molecule has 0 bridgehead atoms. The highest BCUT2D eigenvalue weighted by Gasteiger charge is 1.85. The standard InChI is InChI=1S/C4H6N2O2/c1-2-4(8)6-5-3-7/h2-3H,1H2,(H,5,7)(H,6,8). The fourth-order valence-electron chi connectivity index (χ4n) is 0.152. The van der Waals surface area contributed by atoms with Crippen LogP contribution in [0.2, 0.25) is 0 Å². The van der Waals surface area contributed by atoms with E-state index in [-0.39, 0.29) is 0 Å². The molecule has 0 saturated carbocycles. The van der Waals surface area contributed by atoms with Gasteiger partial charge in [-0.05, 0) is 6.08 Å². The van der Waals surface area contributed by atoms with Crippen molar-refractivity contribution in [1.29, 1.82) is 0 Å². The molecule has 0 fully saturated rings. The summed E-state index contributed by atoms with van der Waals surface area (Å²) in [7, 11) is 0. The van der Waals surface area contributed by atoms with Gasteiger partial charge in [-0.3, -0.25) is 20.4 Å². The highest BCUT2D eigenvalue weighted by atomic mass is 16.2. The summed E-state index contributed by atoms with van der Waals surface area (Å²) in [5, 5.41) is 0. The van der Waals surface area contributed by atoms with Crippen molar-refractivity contribution in [2.75, 3.05) is 0 Å². The Morgan fingerprint density at radius 3 is 2.62 bits per heavy atom. The molecule has 8 heavy (non-hydrogen) atoms. The van der Waals surface area contributed by atoms with Crippen LogP contribution in [0.3, 0.4) is 0 Å². The molecule has 4 nitrogen and oxygen atoms in total. The average Bonchev–Trinajstić information content (AvgIpc) is 1.83. The lowest BCUT2D eigenvalue weighted by molar-refractivity contribution is -0.120. The second-order valence-corrected chi connectivity index (χ2v) is 0.956. The summed E-state index contributed by atoms with van der Waals surface area (Å²) in [6.07, 6.45) is 1.41. The maximum absolute atomic E-state index is 10.1. The van der Waals surface area contributed by atoms with Crippen LogP contribution in [0.5, 0.6) is 0 Å². The van der Waals surface area contributed by atoms with E-state index in [1.165, 1.54) is 0 Å². The van der Waals surface area contributed by atoms with Gasteiger partial charge in [0.2, 0.25) is 6.41 Å². The first-order chi connectivity index (χ1) is 3.81. The summed E-state index contributed by atoms with van der Waals surface area (Å²) in [5.41, 5.74) is 3.95. The van der Waals surface area contributed by atoms with Crippen molar-refractivity contribution >= 4 is 12.3 Å². The Balaban J connectivity index is 3.24. The maximum Gasteiger partial charge on any atom is 0.261 e. The molecule has 0 aliphatic carbocycles. The fraction of sp³-hybridized carbons (Fsp3) is 0. The van der Waals surface area contributed by atoms with Crippen molar-refractivity contribution in [2.45, 2.75) is 0 Å². The lowest BCUT2D eigenvalue weighted by atomic mass is 10.6. The van der Waals surface area contributed by atoms with Gasteiger partial charge in [-0.25, -0.2) is 0 Å². The van der Waals surface area contributed by atoms with Crippen LogP contribution in [0.25, 0.3) is 0 Å². The van der Waals surface area contributed by atoms with Gasteiger partial charge in [0.25, 0.3) is 5.91 Å². The minimum atomic E-state index is -0.433. The van der Waals surface area contributed by atoms with Crippen LogP contribution in [0, 0.1) is 0 Å². The Labute approximate surface area is 46.5 Å². The van der Waals surface area contributed by atoms with E-state index in [2.05, 4.69) is 6.58 Å². The van der Waals surface area contributed by atoms with Crippen LogP contribution in [-0.4, -0.2) is 12.3 Å². The quantitative estimate of drug-likeness (QED) is 0.279. The van der Waals surface area contributed by atoms with Crippen LogP contribution < -0.4 is 10.9 Å². The summed E-state index contributed by atoms with van der Waals surface area (Å²) in [6, 6.07) is 0. The molecule has 0 rings (SSSR count). The van der Waals surface area contributed by atoms with Gasteiger partial charge in [-0.15, -0.1) is 0 Å². The van der Waals surface area contributed by atoms with Gasteiger partial charge in [0.1, 0.15) is 0 Å².